The Labute approximate surface area is 119 Å². The van der Waals surface area contributed by atoms with Gasteiger partial charge in [-0.25, -0.2) is 0 Å². The van der Waals surface area contributed by atoms with E-state index in [1.165, 1.54) is 12.1 Å². The molecule has 112 valence electrons. The third-order valence-electron chi connectivity index (χ3n) is 3.05. The van der Waals surface area contributed by atoms with Crippen LogP contribution in [-0.4, -0.2) is 42.6 Å². The van der Waals surface area contributed by atoms with Crippen LogP contribution in [0.15, 0.2) is 18.2 Å². The predicted octanol–water partition coefficient (Wildman–Crippen LogP) is 2.75. The molecule has 0 aliphatic heterocycles. The molecule has 1 aromatic rings. The zero-order valence-electron chi connectivity index (χ0n) is 12.4. The molecule has 0 aliphatic rings. The van der Waals surface area contributed by atoms with Crippen LogP contribution < -0.4 is 10.1 Å². The van der Waals surface area contributed by atoms with Gasteiger partial charge in [0.2, 0.25) is 0 Å². The van der Waals surface area contributed by atoms with E-state index in [0.29, 0.717) is 24.6 Å². The Bertz CT molecular complexity index is 434. The SMILES string of the molecule is CCNc1cc(OCCN(CC)CC)cc([N+](=O)[O-])c1. The smallest absolute Gasteiger partial charge is 0.275 e. The number of ether oxygens (including phenoxy) is 1. The Balaban J connectivity index is 2.70. The first-order valence-electron chi connectivity index (χ1n) is 6.99. The van der Waals surface area contributed by atoms with Gasteiger partial charge >= 0.3 is 0 Å². The van der Waals surface area contributed by atoms with Gasteiger partial charge in [-0.3, -0.25) is 10.1 Å². The Kier molecular flexibility index (Phi) is 6.79. The van der Waals surface area contributed by atoms with Gasteiger partial charge in [0.05, 0.1) is 11.0 Å². The maximum Gasteiger partial charge on any atom is 0.275 e. The molecule has 0 aliphatic carbocycles. The van der Waals surface area contributed by atoms with Gasteiger partial charge in [0, 0.05) is 30.9 Å². The summed E-state index contributed by atoms with van der Waals surface area (Å²) in [5.41, 5.74) is 0.751. The number of likely N-dealkylation sites (N-methyl/N-ethyl adjacent to an activating group) is 1. The van der Waals surface area contributed by atoms with Crippen LogP contribution in [0.4, 0.5) is 11.4 Å². The minimum absolute atomic E-state index is 0.0429. The summed E-state index contributed by atoms with van der Waals surface area (Å²) in [5, 5.41) is 14.0. The van der Waals surface area contributed by atoms with E-state index in [0.717, 1.165) is 19.6 Å². The van der Waals surface area contributed by atoms with E-state index in [4.69, 9.17) is 4.74 Å². The molecule has 1 rings (SSSR count). The van der Waals surface area contributed by atoms with E-state index in [2.05, 4.69) is 24.1 Å². The summed E-state index contributed by atoms with van der Waals surface area (Å²) in [6, 6.07) is 4.77. The maximum atomic E-state index is 10.9. The molecule has 0 bridgehead atoms. The zero-order valence-corrected chi connectivity index (χ0v) is 12.4. The van der Waals surface area contributed by atoms with E-state index in [9.17, 15) is 10.1 Å². The van der Waals surface area contributed by atoms with Crippen molar-refractivity contribution < 1.29 is 9.66 Å². The zero-order chi connectivity index (χ0) is 15.0. The minimum Gasteiger partial charge on any atom is -0.492 e. The van der Waals surface area contributed by atoms with E-state index in [1.54, 1.807) is 6.07 Å². The van der Waals surface area contributed by atoms with Gasteiger partial charge in [-0.1, -0.05) is 13.8 Å². The fraction of sp³-hybridized carbons (Fsp3) is 0.571. The lowest BCUT2D eigenvalue weighted by atomic mass is 10.2. The van der Waals surface area contributed by atoms with Gasteiger partial charge in [0.15, 0.2) is 0 Å². The van der Waals surface area contributed by atoms with Gasteiger partial charge in [-0.05, 0) is 20.0 Å². The van der Waals surface area contributed by atoms with Crippen LogP contribution in [0.2, 0.25) is 0 Å². The molecule has 0 amide bonds. The number of non-ortho nitro benzene ring substituents is 1. The van der Waals surface area contributed by atoms with E-state index in [1.807, 2.05) is 6.92 Å². The molecule has 0 spiro atoms. The van der Waals surface area contributed by atoms with Crippen LogP contribution in [0.3, 0.4) is 0 Å². The molecule has 0 saturated heterocycles. The minimum atomic E-state index is -0.405. The van der Waals surface area contributed by atoms with Crippen molar-refractivity contribution in [1.82, 2.24) is 4.90 Å². The summed E-state index contributed by atoms with van der Waals surface area (Å²) < 4.78 is 5.63. The number of benzene rings is 1. The highest BCUT2D eigenvalue weighted by Gasteiger charge is 2.10. The van der Waals surface area contributed by atoms with Crippen molar-refractivity contribution in [3.05, 3.63) is 28.3 Å². The Morgan fingerprint density at radius 1 is 1.25 bits per heavy atom. The second kappa shape index (κ2) is 8.37. The molecule has 6 heteroatoms. The number of anilines is 1. The molecular weight excluding hydrogens is 258 g/mol. The number of nitro benzene ring substituents is 1. The molecule has 6 nitrogen and oxygen atoms in total. The lowest BCUT2D eigenvalue weighted by molar-refractivity contribution is -0.384. The van der Waals surface area contributed by atoms with Crippen molar-refractivity contribution in [3.63, 3.8) is 0 Å². The molecule has 20 heavy (non-hydrogen) atoms. The van der Waals surface area contributed by atoms with Crippen LogP contribution >= 0.6 is 0 Å². The van der Waals surface area contributed by atoms with E-state index >= 15 is 0 Å². The van der Waals surface area contributed by atoms with Gasteiger partial charge in [-0.15, -0.1) is 0 Å². The van der Waals surface area contributed by atoms with Crippen molar-refractivity contribution in [1.29, 1.82) is 0 Å². The van der Waals surface area contributed by atoms with Crippen molar-refractivity contribution >= 4 is 11.4 Å². The number of nitrogens with zero attached hydrogens (tertiary/aromatic N) is 2. The summed E-state index contributed by atoms with van der Waals surface area (Å²) in [5.74, 6) is 0.530. The van der Waals surface area contributed by atoms with E-state index < -0.39 is 4.92 Å². The maximum absolute atomic E-state index is 10.9. The molecule has 0 atom stereocenters. The molecule has 0 aromatic heterocycles. The number of rotatable bonds is 9. The second-order valence-electron chi connectivity index (χ2n) is 4.38. The van der Waals surface area contributed by atoms with Crippen molar-refractivity contribution in [3.8, 4) is 5.75 Å². The average Bonchev–Trinajstić information content (AvgIpc) is 2.44. The lowest BCUT2D eigenvalue weighted by Gasteiger charge is -2.18. The number of nitro groups is 1. The van der Waals surface area contributed by atoms with Crippen molar-refractivity contribution in [2.24, 2.45) is 0 Å². The monoisotopic (exact) mass is 281 g/mol. The van der Waals surface area contributed by atoms with Crippen LogP contribution in [0.1, 0.15) is 20.8 Å². The predicted molar refractivity (Wildman–Crippen MR) is 80.5 cm³/mol. The fourth-order valence-corrected chi connectivity index (χ4v) is 1.91. The van der Waals surface area contributed by atoms with Crippen molar-refractivity contribution in [2.75, 3.05) is 38.1 Å². The van der Waals surface area contributed by atoms with E-state index in [-0.39, 0.29) is 5.69 Å². The highest BCUT2D eigenvalue weighted by atomic mass is 16.6. The Morgan fingerprint density at radius 3 is 2.50 bits per heavy atom. The van der Waals surface area contributed by atoms with Crippen LogP contribution in [-0.2, 0) is 0 Å². The van der Waals surface area contributed by atoms with Crippen LogP contribution in [0.25, 0.3) is 0 Å². The molecular formula is C14H23N3O3. The Morgan fingerprint density at radius 2 is 1.95 bits per heavy atom. The number of hydrogen-bond donors (Lipinski definition) is 1. The summed E-state index contributed by atoms with van der Waals surface area (Å²) in [6.45, 7) is 10.1. The molecule has 1 N–H and O–H groups in total. The molecule has 1 aromatic carbocycles. The average molecular weight is 281 g/mol. The quantitative estimate of drug-likeness (QED) is 0.557. The number of nitrogens with one attached hydrogen (secondary N) is 1. The van der Waals surface area contributed by atoms with Gasteiger partial charge in [-0.2, -0.15) is 0 Å². The van der Waals surface area contributed by atoms with Gasteiger partial charge < -0.3 is 15.0 Å². The highest BCUT2D eigenvalue weighted by molar-refractivity contribution is 5.56. The standard InChI is InChI=1S/C14H23N3O3/c1-4-15-12-9-13(17(18)19)11-14(10-12)20-8-7-16(5-2)6-3/h9-11,15H,4-8H2,1-3H3. The topological polar surface area (TPSA) is 67.6 Å². The highest BCUT2D eigenvalue weighted by Crippen LogP contribution is 2.25. The van der Waals surface area contributed by atoms with Crippen LogP contribution in [0.5, 0.6) is 5.75 Å². The van der Waals surface area contributed by atoms with Gasteiger partial charge in [0.1, 0.15) is 12.4 Å². The summed E-state index contributed by atoms with van der Waals surface area (Å²) >= 11 is 0. The first kappa shape index (κ1) is 16.2. The fourth-order valence-electron chi connectivity index (χ4n) is 1.91. The summed E-state index contributed by atoms with van der Waals surface area (Å²) in [7, 11) is 0. The first-order chi connectivity index (χ1) is 9.60. The molecule has 0 radical (unpaired) electrons. The number of hydrogen-bond acceptors (Lipinski definition) is 5. The van der Waals surface area contributed by atoms with Crippen LogP contribution in [0, 0.1) is 10.1 Å². The normalized spacial score (nSPS) is 10.6. The lowest BCUT2D eigenvalue weighted by Crippen LogP contribution is -2.27. The first-order valence-corrected chi connectivity index (χ1v) is 6.99. The molecule has 0 unspecified atom stereocenters. The van der Waals surface area contributed by atoms with Gasteiger partial charge in [0.25, 0.3) is 5.69 Å². The Hall–Kier alpha value is -1.82. The third-order valence-corrected chi connectivity index (χ3v) is 3.05. The third kappa shape index (κ3) is 5.05. The second-order valence-corrected chi connectivity index (χ2v) is 4.38. The summed E-state index contributed by atoms with van der Waals surface area (Å²) in [6.07, 6.45) is 0. The summed E-state index contributed by atoms with van der Waals surface area (Å²) in [4.78, 5) is 12.7. The van der Waals surface area contributed by atoms with Crippen molar-refractivity contribution in [2.45, 2.75) is 20.8 Å². The largest absolute Gasteiger partial charge is 0.492 e. The molecule has 0 fully saturated rings. The molecule has 0 heterocycles. The molecule has 0 saturated carbocycles.